The molecule has 2 aromatic carbocycles. The van der Waals surface area contributed by atoms with Crippen LogP contribution in [0.25, 0.3) is 10.8 Å². The number of rotatable bonds is 3. The minimum atomic E-state index is -0.0875. The van der Waals surface area contributed by atoms with Crippen LogP contribution < -0.4 is 5.73 Å². The predicted molar refractivity (Wildman–Crippen MR) is 67.3 cm³/mol. The zero-order valence-corrected chi connectivity index (χ0v) is 9.48. The van der Waals surface area contributed by atoms with Gasteiger partial charge in [-0.2, -0.15) is 0 Å². The van der Waals surface area contributed by atoms with E-state index in [2.05, 4.69) is 31.2 Å². The molecule has 0 aliphatic carbocycles. The van der Waals surface area contributed by atoms with E-state index in [0.29, 0.717) is 6.42 Å². The first-order chi connectivity index (χ1) is 7.74. The average Bonchev–Trinajstić information content (AvgIpc) is 2.30. The lowest BCUT2D eigenvalue weighted by Gasteiger charge is -2.14. The fourth-order valence-corrected chi connectivity index (χ4v) is 2.09. The summed E-state index contributed by atoms with van der Waals surface area (Å²) in [4.78, 5) is 0. The quantitative estimate of drug-likeness (QED) is 0.826. The van der Waals surface area contributed by atoms with E-state index in [1.165, 1.54) is 16.3 Å². The van der Waals surface area contributed by atoms with Crippen molar-refractivity contribution in [2.75, 3.05) is 6.61 Å². The van der Waals surface area contributed by atoms with Crippen molar-refractivity contribution in [3.63, 3.8) is 0 Å². The summed E-state index contributed by atoms with van der Waals surface area (Å²) >= 11 is 0. The van der Waals surface area contributed by atoms with Gasteiger partial charge in [0.2, 0.25) is 0 Å². The lowest BCUT2D eigenvalue weighted by Crippen LogP contribution is -2.12. The molecule has 0 radical (unpaired) electrons. The molecule has 2 rings (SSSR count). The maximum absolute atomic E-state index is 8.94. The van der Waals surface area contributed by atoms with Crippen molar-refractivity contribution in [2.24, 2.45) is 5.73 Å². The Morgan fingerprint density at radius 2 is 1.81 bits per heavy atom. The van der Waals surface area contributed by atoms with Gasteiger partial charge in [-0.05, 0) is 35.2 Å². The topological polar surface area (TPSA) is 46.2 Å². The molecule has 0 bridgehead atoms. The second kappa shape index (κ2) is 4.64. The maximum atomic E-state index is 8.94. The summed E-state index contributed by atoms with van der Waals surface area (Å²) in [6, 6.07) is 12.3. The van der Waals surface area contributed by atoms with Gasteiger partial charge in [0.1, 0.15) is 0 Å². The smallest absolute Gasteiger partial charge is 0.0449 e. The summed E-state index contributed by atoms with van der Waals surface area (Å²) in [7, 11) is 0. The molecule has 16 heavy (non-hydrogen) atoms. The number of nitrogens with two attached hydrogens (primary N) is 1. The minimum absolute atomic E-state index is 0.0875. The Morgan fingerprint density at radius 1 is 1.12 bits per heavy atom. The van der Waals surface area contributed by atoms with Crippen LogP contribution in [0.5, 0.6) is 0 Å². The third-order valence-electron chi connectivity index (χ3n) is 3.02. The Balaban J connectivity index is 2.58. The van der Waals surface area contributed by atoms with Gasteiger partial charge >= 0.3 is 0 Å². The molecule has 0 aromatic heterocycles. The Bertz CT molecular complexity index is 493. The molecule has 0 unspecified atom stereocenters. The van der Waals surface area contributed by atoms with Crippen molar-refractivity contribution < 1.29 is 5.11 Å². The zero-order valence-electron chi connectivity index (χ0n) is 9.48. The van der Waals surface area contributed by atoms with E-state index in [9.17, 15) is 0 Å². The molecule has 2 heteroatoms. The molecule has 1 atom stereocenters. The SMILES string of the molecule is Cc1ccc([C@@H](N)CCO)c2ccccc12. The minimum Gasteiger partial charge on any atom is -0.396 e. The number of aliphatic hydroxyl groups is 1. The summed E-state index contributed by atoms with van der Waals surface area (Å²) in [5, 5.41) is 11.4. The lowest BCUT2D eigenvalue weighted by atomic mass is 9.95. The van der Waals surface area contributed by atoms with Crippen molar-refractivity contribution in [3.05, 3.63) is 47.5 Å². The fraction of sp³-hybridized carbons (Fsp3) is 0.286. The first-order valence-corrected chi connectivity index (χ1v) is 5.58. The molecular formula is C14H17NO. The Hall–Kier alpha value is -1.38. The molecule has 0 amide bonds. The number of aliphatic hydroxyl groups excluding tert-OH is 1. The predicted octanol–water partition coefficient (Wildman–Crippen LogP) is 2.53. The Labute approximate surface area is 95.7 Å². The van der Waals surface area contributed by atoms with Gasteiger partial charge in [0.05, 0.1) is 0 Å². The summed E-state index contributed by atoms with van der Waals surface area (Å²) in [6.07, 6.45) is 0.604. The average molecular weight is 215 g/mol. The van der Waals surface area contributed by atoms with Gasteiger partial charge in [0, 0.05) is 12.6 Å². The molecule has 0 saturated carbocycles. The second-order valence-corrected chi connectivity index (χ2v) is 4.14. The molecule has 0 saturated heterocycles. The standard InChI is InChI=1S/C14H17NO/c1-10-6-7-13(14(15)8-9-16)12-5-3-2-4-11(10)12/h2-7,14,16H,8-9,15H2,1H3/t14-/m0/s1. The highest BCUT2D eigenvalue weighted by atomic mass is 16.3. The van der Waals surface area contributed by atoms with Gasteiger partial charge in [-0.3, -0.25) is 0 Å². The highest BCUT2D eigenvalue weighted by Crippen LogP contribution is 2.27. The number of benzene rings is 2. The molecule has 3 N–H and O–H groups in total. The van der Waals surface area contributed by atoms with Crippen molar-refractivity contribution >= 4 is 10.8 Å². The van der Waals surface area contributed by atoms with Gasteiger partial charge in [-0.1, -0.05) is 36.4 Å². The normalized spacial score (nSPS) is 12.9. The van der Waals surface area contributed by atoms with Crippen molar-refractivity contribution in [1.82, 2.24) is 0 Å². The third-order valence-corrected chi connectivity index (χ3v) is 3.02. The number of fused-ring (bicyclic) bond motifs is 1. The lowest BCUT2D eigenvalue weighted by molar-refractivity contribution is 0.277. The molecular weight excluding hydrogens is 198 g/mol. The molecule has 84 valence electrons. The van der Waals surface area contributed by atoms with E-state index in [-0.39, 0.29) is 12.6 Å². The van der Waals surface area contributed by atoms with E-state index >= 15 is 0 Å². The molecule has 0 aliphatic rings. The third kappa shape index (κ3) is 1.94. The molecule has 0 aliphatic heterocycles. The van der Waals surface area contributed by atoms with E-state index in [4.69, 9.17) is 10.8 Å². The molecule has 0 fully saturated rings. The second-order valence-electron chi connectivity index (χ2n) is 4.14. The highest BCUT2D eigenvalue weighted by molar-refractivity contribution is 5.88. The van der Waals surface area contributed by atoms with Crippen LogP contribution in [0.2, 0.25) is 0 Å². The van der Waals surface area contributed by atoms with E-state index < -0.39 is 0 Å². The van der Waals surface area contributed by atoms with Crippen LogP contribution in [-0.2, 0) is 0 Å². The van der Waals surface area contributed by atoms with Crippen LogP contribution in [-0.4, -0.2) is 11.7 Å². The highest BCUT2D eigenvalue weighted by Gasteiger charge is 2.09. The van der Waals surface area contributed by atoms with Gasteiger partial charge < -0.3 is 10.8 Å². The van der Waals surface area contributed by atoms with E-state index in [1.807, 2.05) is 12.1 Å². The number of hydrogen-bond acceptors (Lipinski definition) is 2. The Kier molecular flexibility index (Phi) is 3.22. The maximum Gasteiger partial charge on any atom is 0.0449 e. The van der Waals surface area contributed by atoms with Gasteiger partial charge in [0.25, 0.3) is 0 Å². The van der Waals surface area contributed by atoms with Gasteiger partial charge in [-0.25, -0.2) is 0 Å². The Morgan fingerprint density at radius 3 is 2.50 bits per heavy atom. The van der Waals surface area contributed by atoms with Crippen molar-refractivity contribution in [1.29, 1.82) is 0 Å². The van der Waals surface area contributed by atoms with Crippen molar-refractivity contribution in [2.45, 2.75) is 19.4 Å². The van der Waals surface area contributed by atoms with Crippen LogP contribution in [0.1, 0.15) is 23.6 Å². The first-order valence-electron chi connectivity index (χ1n) is 5.58. The molecule has 0 heterocycles. The molecule has 2 aromatic rings. The summed E-state index contributed by atoms with van der Waals surface area (Å²) in [5.74, 6) is 0. The monoisotopic (exact) mass is 215 g/mol. The van der Waals surface area contributed by atoms with E-state index in [0.717, 1.165) is 5.56 Å². The van der Waals surface area contributed by atoms with Crippen LogP contribution in [0.4, 0.5) is 0 Å². The van der Waals surface area contributed by atoms with Crippen LogP contribution in [0.3, 0.4) is 0 Å². The summed E-state index contributed by atoms with van der Waals surface area (Å²) in [6.45, 7) is 2.23. The largest absolute Gasteiger partial charge is 0.396 e. The number of hydrogen-bond donors (Lipinski definition) is 2. The molecule has 2 nitrogen and oxygen atoms in total. The molecule has 0 spiro atoms. The van der Waals surface area contributed by atoms with E-state index in [1.54, 1.807) is 0 Å². The summed E-state index contributed by atoms with van der Waals surface area (Å²) in [5.41, 5.74) is 8.44. The van der Waals surface area contributed by atoms with Crippen molar-refractivity contribution in [3.8, 4) is 0 Å². The zero-order chi connectivity index (χ0) is 11.5. The summed E-state index contributed by atoms with van der Waals surface area (Å²) < 4.78 is 0. The van der Waals surface area contributed by atoms with Gasteiger partial charge in [0.15, 0.2) is 0 Å². The van der Waals surface area contributed by atoms with Gasteiger partial charge in [-0.15, -0.1) is 0 Å². The van der Waals surface area contributed by atoms with Crippen LogP contribution in [0, 0.1) is 6.92 Å². The first kappa shape index (κ1) is 11.1. The van der Waals surface area contributed by atoms with Crippen LogP contribution in [0.15, 0.2) is 36.4 Å². The number of aryl methyl sites for hydroxylation is 1. The fourth-order valence-electron chi connectivity index (χ4n) is 2.09. The van der Waals surface area contributed by atoms with Crippen LogP contribution >= 0.6 is 0 Å².